The van der Waals surface area contributed by atoms with Gasteiger partial charge in [-0.2, -0.15) is 0 Å². The third-order valence-electron chi connectivity index (χ3n) is 18.3. The monoisotopic (exact) mass is 765 g/mol. The Balaban J connectivity index is 0.000000212. The first kappa shape index (κ1) is 44.4. The number of carbonyl (C=O) groups excluding carboxylic acids is 2. The number of rotatable bonds is 9. The van der Waals surface area contributed by atoms with Crippen LogP contribution in [0.2, 0.25) is 0 Å². The van der Waals surface area contributed by atoms with Gasteiger partial charge in [-0.05, 0) is 112 Å². The van der Waals surface area contributed by atoms with Gasteiger partial charge in [0.1, 0.15) is 18.4 Å². The van der Waals surface area contributed by atoms with Gasteiger partial charge in [0.2, 0.25) is 0 Å². The van der Waals surface area contributed by atoms with Crippen molar-refractivity contribution >= 4 is 11.6 Å². The molecule has 0 spiro atoms. The van der Waals surface area contributed by atoms with Gasteiger partial charge < -0.3 is 24.1 Å². The van der Waals surface area contributed by atoms with Crippen molar-refractivity contribution in [3.05, 3.63) is 0 Å². The van der Waals surface area contributed by atoms with Crippen LogP contribution in [0.25, 0.3) is 0 Å². The maximum Gasteiger partial charge on any atom is 0.146 e. The molecule has 0 aromatic rings. The lowest BCUT2D eigenvalue weighted by Gasteiger charge is -2.62. The highest BCUT2D eigenvalue weighted by atomic mass is 16.7. The van der Waals surface area contributed by atoms with E-state index in [-0.39, 0.29) is 64.5 Å². The van der Waals surface area contributed by atoms with Crippen LogP contribution in [0, 0.1) is 92.7 Å². The minimum Gasteiger partial charge on any atom is -0.393 e. The Kier molecular flexibility index (Phi) is 13.3. The molecule has 310 valence electrons. The van der Waals surface area contributed by atoms with Crippen LogP contribution in [0.4, 0.5) is 0 Å². The number of methoxy groups -OCH3 is 3. The van der Waals surface area contributed by atoms with Gasteiger partial charge in [-0.25, -0.2) is 0 Å². The number of carbonyl (C=O) groups is 2. The van der Waals surface area contributed by atoms with Gasteiger partial charge in [0, 0.05) is 67.7 Å². The first-order chi connectivity index (χ1) is 25.9. The third kappa shape index (κ3) is 6.91. The Morgan fingerprint density at radius 3 is 1.53 bits per heavy atom. The minimum atomic E-state index is -0.535. The molecule has 55 heavy (non-hydrogen) atoms. The normalized spacial score (nSPS) is 49.1. The van der Waals surface area contributed by atoms with Crippen LogP contribution in [-0.2, 0) is 28.5 Å². The molecule has 7 heteroatoms. The zero-order chi connectivity index (χ0) is 40.8. The molecule has 4 bridgehead atoms. The summed E-state index contributed by atoms with van der Waals surface area (Å²) < 4.78 is 23.7. The maximum absolute atomic E-state index is 14.0. The number of ketones is 2. The number of terminal acetylenes is 2. The van der Waals surface area contributed by atoms with Crippen molar-refractivity contribution in [2.24, 2.45) is 68.0 Å². The zero-order valence-corrected chi connectivity index (χ0v) is 36.4. The molecule has 0 heterocycles. The summed E-state index contributed by atoms with van der Waals surface area (Å²) in [5.74, 6) is 7.64. The Morgan fingerprint density at radius 2 is 1.09 bits per heavy atom. The smallest absolute Gasteiger partial charge is 0.146 e. The third-order valence-corrected chi connectivity index (χ3v) is 18.3. The van der Waals surface area contributed by atoms with Crippen molar-refractivity contribution in [2.75, 3.05) is 28.1 Å². The highest BCUT2D eigenvalue weighted by Gasteiger charge is 2.69. The Labute approximate surface area is 334 Å². The SMILES string of the molecule is C#CCC[C@]1(C)CC(OCOC)[C@@]2(C)C3[C@H](OC)CCC3(CC[C@H]2C)[C@@H](C)C1=O.C#CCC[C@]1(C)C[C@@H](O)[C@@]2(C)C3[C@H](OC)CCC3(CC[C@H]2C)[C@@H](C)C1=O. The molecule has 5 unspecified atom stereocenters. The zero-order valence-electron chi connectivity index (χ0n) is 36.4. The van der Waals surface area contributed by atoms with Crippen LogP contribution >= 0.6 is 0 Å². The second kappa shape index (κ2) is 16.5. The van der Waals surface area contributed by atoms with E-state index in [2.05, 4.69) is 60.3 Å². The molecule has 0 saturated heterocycles. The van der Waals surface area contributed by atoms with Gasteiger partial charge in [0.15, 0.2) is 0 Å². The number of aliphatic hydroxyl groups excluding tert-OH is 1. The largest absolute Gasteiger partial charge is 0.393 e. The van der Waals surface area contributed by atoms with Gasteiger partial charge in [0.25, 0.3) is 0 Å². The molecule has 0 aromatic carbocycles. The summed E-state index contributed by atoms with van der Waals surface area (Å²) in [5, 5.41) is 11.5. The fourth-order valence-electron chi connectivity index (χ4n) is 14.6. The molecule has 6 saturated carbocycles. The number of hydrogen-bond donors (Lipinski definition) is 1. The molecule has 6 rings (SSSR count). The molecule has 0 aromatic heterocycles. The van der Waals surface area contributed by atoms with Crippen LogP contribution in [0.3, 0.4) is 0 Å². The molecular weight excluding hydrogens is 689 g/mol. The molecule has 16 atom stereocenters. The lowest BCUT2D eigenvalue weighted by atomic mass is 9.43. The van der Waals surface area contributed by atoms with E-state index in [4.69, 9.17) is 31.8 Å². The van der Waals surface area contributed by atoms with E-state index in [0.717, 1.165) is 57.8 Å². The van der Waals surface area contributed by atoms with Crippen LogP contribution in [-0.4, -0.2) is 69.2 Å². The molecule has 0 aliphatic heterocycles. The molecular formula is C48H76O7. The Bertz CT molecular complexity index is 1480. The lowest BCUT2D eigenvalue weighted by Crippen LogP contribution is -2.63. The van der Waals surface area contributed by atoms with Crippen molar-refractivity contribution in [3.63, 3.8) is 0 Å². The lowest BCUT2D eigenvalue weighted by molar-refractivity contribution is -0.220. The van der Waals surface area contributed by atoms with Crippen molar-refractivity contribution in [1.82, 2.24) is 0 Å². The van der Waals surface area contributed by atoms with Crippen LogP contribution in [0.15, 0.2) is 0 Å². The summed E-state index contributed by atoms with van der Waals surface area (Å²) >= 11 is 0. The molecule has 6 fully saturated rings. The van der Waals surface area contributed by atoms with Crippen molar-refractivity contribution in [1.29, 1.82) is 0 Å². The molecule has 1 N–H and O–H groups in total. The topological polar surface area (TPSA) is 91.3 Å². The predicted molar refractivity (Wildman–Crippen MR) is 218 cm³/mol. The summed E-state index contributed by atoms with van der Waals surface area (Å²) in [6.45, 7) is 18.1. The van der Waals surface area contributed by atoms with Crippen LogP contribution in [0.1, 0.15) is 145 Å². The van der Waals surface area contributed by atoms with Gasteiger partial charge >= 0.3 is 0 Å². The highest BCUT2D eigenvalue weighted by Crippen LogP contribution is 2.70. The number of Topliss-reactive ketones (excluding diaryl/α,β-unsaturated/α-hetero) is 2. The van der Waals surface area contributed by atoms with Gasteiger partial charge in [-0.1, -0.05) is 55.4 Å². The van der Waals surface area contributed by atoms with Gasteiger partial charge in [-0.15, -0.1) is 24.7 Å². The van der Waals surface area contributed by atoms with Crippen molar-refractivity contribution < 1.29 is 33.6 Å². The molecule has 6 aliphatic rings. The van der Waals surface area contributed by atoms with Gasteiger partial charge in [-0.3, -0.25) is 9.59 Å². The fraction of sp³-hybridized carbons (Fsp3) is 0.875. The average Bonchev–Trinajstić information content (AvgIpc) is 3.77. The van der Waals surface area contributed by atoms with Crippen molar-refractivity contribution in [2.45, 2.75) is 170 Å². The van der Waals surface area contributed by atoms with E-state index in [0.29, 0.717) is 61.4 Å². The second-order valence-electron chi connectivity index (χ2n) is 20.3. The maximum atomic E-state index is 14.0. The van der Waals surface area contributed by atoms with E-state index >= 15 is 0 Å². The molecule has 6 aliphatic carbocycles. The summed E-state index contributed by atoms with van der Waals surface area (Å²) in [4.78, 5) is 27.6. The van der Waals surface area contributed by atoms with Crippen LogP contribution in [0.5, 0.6) is 0 Å². The minimum absolute atomic E-state index is 0.00486. The van der Waals surface area contributed by atoms with Crippen LogP contribution < -0.4 is 0 Å². The van der Waals surface area contributed by atoms with Gasteiger partial charge in [0.05, 0.1) is 24.4 Å². The Morgan fingerprint density at radius 1 is 0.673 bits per heavy atom. The Hall–Kier alpha value is -1.74. The molecule has 0 radical (unpaired) electrons. The van der Waals surface area contributed by atoms with E-state index in [1.54, 1.807) is 14.2 Å². The first-order valence-corrected chi connectivity index (χ1v) is 21.7. The van der Waals surface area contributed by atoms with E-state index in [1.807, 2.05) is 14.0 Å². The highest BCUT2D eigenvalue weighted by molar-refractivity contribution is 5.88. The number of hydrogen-bond acceptors (Lipinski definition) is 7. The summed E-state index contributed by atoms with van der Waals surface area (Å²) in [6.07, 6.45) is 23.2. The fourth-order valence-corrected chi connectivity index (χ4v) is 14.6. The summed E-state index contributed by atoms with van der Waals surface area (Å²) in [7, 11) is 5.29. The number of ether oxygens (including phenoxy) is 4. The second-order valence-corrected chi connectivity index (χ2v) is 20.3. The van der Waals surface area contributed by atoms with E-state index in [9.17, 15) is 14.7 Å². The first-order valence-electron chi connectivity index (χ1n) is 21.7. The molecule has 0 amide bonds. The number of aliphatic hydroxyl groups is 1. The average molecular weight is 765 g/mol. The summed E-state index contributed by atoms with van der Waals surface area (Å²) in [5.41, 5.74) is -1.34. The standard InChI is InChI=1S/C25H40O4.C23H36O3/c1-8-9-12-23(4)15-20(29-16-27-6)24(5)17(2)10-13-25(18(3)22(23)26)14-11-19(28-7)21(24)25;1-7-8-11-21(4)14-18(24)22(5)15(2)9-12-23(16(3)20(21)25)13-10-17(26-6)19(22)23/h1,17-21H,9-16H2,2-7H3;1,15-19,24H,8-14H2,2-6H3/t17-,18+,19-,20?,21?,23-,24+,25?;15-,16+,17-,18-,19?,21-,22+,23?/m11/s1. The van der Waals surface area contributed by atoms with E-state index < -0.39 is 16.9 Å². The molecule has 7 nitrogen and oxygen atoms in total. The quantitative estimate of drug-likeness (QED) is 0.185. The predicted octanol–water partition coefficient (Wildman–Crippen LogP) is 9.08. The van der Waals surface area contributed by atoms with E-state index in [1.165, 1.54) is 0 Å². The van der Waals surface area contributed by atoms with Crippen molar-refractivity contribution in [3.8, 4) is 24.7 Å². The summed E-state index contributed by atoms with van der Waals surface area (Å²) in [6, 6.07) is 0.